The monoisotopic (exact) mass is 538 g/mol. The number of piperidine rings is 1. The summed E-state index contributed by atoms with van der Waals surface area (Å²) in [6.45, 7) is 5.64. The van der Waals surface area contributed by atoms with Crippen LogP contribution in [0.1, 0.15) is 30.1 Å². The Balaban J connectivity index is 0.00000341. The fraction of sp³-hybridized carbons (Fsp3) is 0.409. The minimum atomic E-state index is -0.176. The van der Waals surface area contributed by atoms with Crippen molar-refractivity contribution in [2.45, 2.75) is 25.8 Å². The van der Waals surface area contributed by atoms with Gasteiger partial charge in [0.1, 0.15) is 11.6 Å². The lowest BCUT2D eigenvalue weighted by Crippen LogP contribution is -2.49. The number of aromatic hydroxyl groups is 1. The van der Waals surface area contributed by atoms with E-state index < -0.39 is 0 Å². The molecule has 168 valence electrons. The lowest BCUT2D eigenvalue weighted by molar-refractivity contribution is 0.0955. The third kappa shape index (κ3) is 7.89. The van der Waals surface area contributed by atoms with Gasteiger partial charge in [0.25, 0.3) is 5.91 Å². The highest BCUT2D eigenvalue weighted by Gasteiger charge is 2.20. The first-order chi connectivity index (χ1) is 14.7. The van der Waals surface area contributed by atoms with Crippen molar-refractivity contribution in [3.05, 3.63) is 54.2 Å². The number of aliphatic imine (C=N–C) groups is 1. The van der Waals surface area contributed by atoms with Gasteiger partial charge in [0.15, 0.2) is 5.96 Å². The molecule has 1 aliphatic rings. The van der Waals surface area contributed by atoms with E-state index in [2.05, 4.69) is 30.8 Å². The quantitative estimate of drug-likeness (QED) is 0.187. The number of guanidine groups is 1. The van der Waals surface area contributed by atoms with Crippen LogP contribution in [0.5, 0.6) is 5.75 Å². The van der Waals surface area contributed by atoms with E-state index in [-0.39, 0.29) is 35.6 Å². The van der Waals surface area contributed by atoms with Gasteiger partial charge in [-0.1, -0.05) is 6.07 Å². The number of phenolic OH excluding ortho intramolecular Hbond substituents is 1. The van der Waals surface area contributed by atoms with Crippen molar-refractivity contribution in [2.75, 3.05) is 37.6 Å². The van der Waals surface area contributed by atoms with Gasteiger partial charge in [-0.05, 0) is 56.2 Å². The minimum absolute atomic E-state index is 0. The molecule has 0 radical (unpaired) electrons. The third-order valence-electron chi connectivity index (χ3n) is 4.95. The van der Waals surface area contributed by atoms with Gasteiger partial charge in [0, 0.05) is 44.0 Å². The molecule has 0 aliphatic carbocycles. The number of halogens is 1. The van der Waals surface area contributed by atoms with Crippen molar-refractivity contribution in [2.24, 2.45) is 4.99 Å². The number of nitrogens with one attached hydrogen (secondary N) is 3. The van der Waals surface area contributed by atoms with Crippen LogP contribution < -0.4 is 20.9 Å². The van der Waals surface area contributed by atoms with Crippen molar-refractivity contribution < 1.29 is 9.90 Å². The topological polar surface area (TPSA) is 102 Å². The summed E-state index contributed by atoms with van der Waals surface area (Å²) in [5.41, 5.74) is 0.515. The second-order valence-corrected chi connectivity index (χ2v) is 7.16. The molecule has 2 heterocycles. The average Bonchev–Trinajstić information content (AvgIpc) is 2.78. The summed E-state index contributed by atoms with van der Waals surface area (Å²) in [4.78, 5) is 23.4. The van der Waals surface area contributed by atoms with Gasteiger partial charge in [0.05, 0.1) is 6.54 Å². The highest BCUT2D eigenvalue weighted by atomic mass is 127. The van der Waals surface area contributed by atoms with Crippen LogP contribution in [-0.2, 0) is 0 Å². The molecule has 3 rings (SSSR count). The summed E-state index contributed by atoms with van der Waals surface area (Å²) in [7, 11) is 0. The summed E-state index contributed by atoms with van der Waals surface area (Å²) in [6.07, 6.45) is 3.85. The molecule has 4 N–H and O–H groups in total. The number of amides is 1. The highest BCUT2D eigenvalue weighted by molar-refractivity contribution is 14.0. The van der Waals surface area contributed by atoms with Crippen molar-refractivity contribution >= 4 is 41.7 Å². The number of rotatable bonds is 7. The summed E-state index contributed by atoms with van der Waals surface area (Å²) < 4.78 is 0. The Bertz CT molecular complexity index is 824. The smallest absolute Gasteiger partial charge is 0.251 e. The number of aromatic nitrogens is 1. The second kappa shape index (κ2) is 13.0. The van der Waals surface area contributed by atoms with Gasteiger partial charge < -0.3 is 26.0 Å². The van der Waals surface area contributed by atoms with Crippen LogP contribution in [0.25, 0.3) is 0 Å². The minimum Gasteiger partial charge on any atom is -0.508 e. The number of carbonyl (C=O) groups is 1. The summed E-state index contributed by atoms with van der Waals surface area (Å²) in [6, 6.07) is 12.5. The SMILES string of the molecule is CCNC(=NCCNC(=O)c1ccc(O)cc1)NC1CCN(c2ccccn2)CC1.I. The molecule has 9 heteroatoms. The summed E-state index contributed by atoms with van der Waals surface area (Å²) in [5.74, 6) is 1.77. The van der Waals surface area contributed by atoms with Gasteiger partial charge in [-0.2, -0.15) is 0 Å². The van der Waals surface area contributed by atoms with E-state index in [9.17, 15) is 9.90 Å². The molecule has 1 saturated heterocycles. The molecule has 1 aromatic heterocycles. The normalized spacial score (nSPS) is 14.5. The number of anilines is 1. The van der Waals surface area contributed by atoms with Crippen molar-refractivity contribution in [3.8, 4) is 5.75 Å². The van der Waals surface area contributed by atoms with Crippen molar-refractivity contribution in [1.29, 1.82) is 0 Å². The Kier molecular flexibility index (Phi) is 10.3. The highest BCUT2D eigenvalue weighted by Crippen LogP contribution is 2.17. The molecular weight excluding hydrogens is 507 g/mol. The largest absolute Gasteiger partial charge is 0.508 e. The Labute approximate surface area is 200 Å². The molecule has 0 unspecified atom stereocenters. The van der Waals surface area contributed by atoms with Gasteiger partial charge >= 0.3 is 0 Å². The predicted octanol–water partition coefficient (Wildman–Crippen LogP) is 2.36. The van der Waals surface area contributed by atoms with Crippen LogP contribution in [0.4, 0.5) is 5.82 Å². The van der Waals surface area contributed by atoms with E-state index in [0.29, 0.717) is 24.7 Å². The van der Waals surface area contributed by atoms with Gasteiger partial charge in [0.2, 0.25) is 0 Å². The Morgan fingerprint density at radius 2 is 1.90 bits per heavy atom. The predicted molar refractivity (Wildman–Crippen MR) is 134 cm³/mol. The zero-order valence-electron chi connectivity index (χ0n) is 17.8. The van der Waals surface area contributed by atoms with Gasteiger partial charge in [-0.25, -0.2) is 4.98 Å². The maximum atomic E-state index is 12.1. The first-order valence-electron chi connectivity index (χ1n) is 10.4. The van der Waals surface area contributed by atoms with Crippen molar-refractivity contribution in [1.82, 2.24) is 20.9 Å². The molecule has 0 spiro atoms. The number of hydrogen-bond acceptors (Lipinski definition) is 5. The maximum Gasteiger partial charge on any atom is 0.251 e. The number of benzene rings is 1. The number of phenols is 1. The average molecular weight is 538 g/mol. The van der Waals surface area contributed by atoms with Crippen LogP contribution in [0.15, 0.2) is 53.7 Å². The lowest BCUT2D eigenvalue weighted by atomic mass is 10.1. The standard InChI is InChI=1S/C22H30N6O2.HI/c1-2-23-22(26-14-13-25-21(30)17-6-8-19(29)9-7-17)27-18-10-15-28(16-11-18)20-5-3-4-12-24-20;/h3-9,12,18,29H,2,10-11,13-16H2,1H3,(H,25,30)(H2,23,26,27);1H. The van der Waals surface area contributed by atoms with E-state index in [1.54, 1.807) is 12.1 Å². The van der Waals surface area contributed by atoms with Crippen LogP contribution >= 0.6 is 24.0 Å². The number of pyridine rings is 1. The molecule has 0 atom stereocenters. The Morgan fingerprint density at radius 1 is 1.16 bits per heavy atom. The van der Waals surface area contributed by atoms with E-state index in [1.807, 2.05) is 31.3 Å². The Hall–Kier alpha value is -2.56. The fourth-order valence-corrected chi connectivity index (χ4v) is 3.36. The molecule has 2 aromatic rings. The molecule has 1 aromatic carbocycles. The van der Waals surface area contributed by atoms with Crippen LogP contribution in [0, 0.1) is 0 Å². The van der Waals surface area contributed by atoms with E-state index in [0.717, 1.165) is 44.3 Å². The molecule has 1 aliphatic heterocycles. The Morgan fingerprint density at radius 3 is 2.55 bits per heavy atom. The molecule has 1 fully saturated rings. The number of carbonyl (C=O) groups excluding carboxylic acids is 1. The molecule has 0 bridgehead atoms. The van der Waals surface area contributed by atoms with E-state index in [4.69, 9.17) is 0 Å². The van der Waals surface area contributed by atoms with Crippen LogP contribution in [0.3, 0.4) is 0 Å². The summed E-state index contributed by atoms with van der Waals surface area (Å²) in [5, 5.41) is 18.9. The fourth-order valence-electron chi connectivity index (χ4n) is 3.36. The van der Waals surface area contributed by atoms with E-state index in [1.165, 1.54) is 12.1 Å². The zero-order valence-corrected chi connectivity index (χ0v) is 20.1. The van der Waals surface area contributed by atoms with E-state index >= 15 is 0 Å². The molecule has 0 saturated carbocycles. The molecule has 31 heavy (non-hydrogen) atoms. The van der Waals surface area contributed by atoms with Crippen LogP contribution in [-0.4, -0.2) is 60.7 Å². The number of hydrogen-bond donors (Lipinski definition) is 4. The number of nitrogens with zero attached hydrogens (tertiary/aromatic N) is 3. The molecule has 8 nitrogen and oxygen atoms in total. The second-order valence-electron chi connectivity index (χ2n) is 7.16. The van der Waals surface area contributed by atoms with Crippen LogP contribution in [0.2, 0.25) is 0 Å². The summed E-state index contributed by atoms with van der Waals surface area (Å²) >= 11 is 0. The molecular formula is C22H31IN6O2. The first kappa shape index (κ1) is 24.7. The molecule has 1 amide bonds. The van der Waals surface area contributed by atoms with Gasteiger partial charge in [-0.15, -0.1) is 24.0 Å². The first-order valence-corrected chi connectivity index (χ1v) is 10.4. The lowest BCUT2D eigenvalue weighted by Gasteiger charge is -2.33. The van der Waals surface area contributed by atoms with Crippen molar-refractivity contribution in [3.63, 3.8) is 0 Å². The maximum absolute atomic E-state index is 12.1. The third-order valence-corrected chi connectivity index (χ3v) is 4.95. The zero-order chi connectivity index (χ0) is 21.2. The van der Waals surface area contributed by atoms with Gasteiger partial charge in [-0.3, -0.25) is 9.79 Å².